The van der Waals surface area contributed by atoms with Crippen molar-refractivity contribution in [2.45, 2.75) is 63.1 Å². The summed E-state index contributed by atoms with van der Waals surface area (Å²) in [5, 5.41) is 3.45. The van der Waals surface area contributed by atoms with Crippen molar-refractivity contribution < 1.29 is 19.1 Å². The fourth-order valence-corrected chi connectivity index (χ4v) is 5.42. The van der Waals surface area contributed by atoms with Crippen LogP contribution >= 0.6 is 12.2 Å². The molecule has 2 aliphatic carbocycles. The van der Waals surface area contributed by atoms with Gasteiger partial charge in [-0.1, -0.05) is 42.8 Å². The number of hydrogen-bond acceptors (Lipinski definition) is 5. The van der Waals surface area contributed by atoms with Gasteiger partial charge < -0.3 is 14.8 Å². The smallest absolute Gasteiger partial charge is 0.305 e. The van der Waals surface area contributed by atoms with Crippen LogP contribution in [0.25, 0.3) is 11.1 Å². The number of hydrazine groups is 1. The molecule has 184 valence electrons. The SMILES string of the molecule is CC(=O)OC12CCC(c3ccc(-c4ccc(NC(=S)NNC(=O)C5CCC5)cc4)cc3)(CC1)CO2. The van der Waals surface area contributed by atoms with Crippen molar-refractivity contribution in [2.75, 3.05) is 11.9 Å². The molecular formula is C27H31N3O4S. The number of rotatable bonds is 5. The molecule has 0 unspecified atom stereocenters. The van der Waals surface area contributed by atoms with Crippen molar-refractivity contribution in [3.8, 4) is 11.1 Å². The van der Waals surface area contributed by atoms with E-state index in [4.69, 9.17) is 21.7 Å². The lowest BCUT2D eigenvalue weighted by atomic mass is 9.66. The highest BCUT2D eigenvalue weighted by Gasteiger charge is 2.52. The zero-order chi connectivity index (χ0) is 24.5. The van der Waals surface area contributed by atoms with E-state index >= 15 is 0 Å². The molecule has 2 saturated carbocycles. The highest BCUT2D eigenvalue weighted by molar-refractivity contribution is 7.80. The maximum Gasteiger partial charge on any atom is 0.305 e. The summed E-state index contributed by atoms with van der Waals surface area (Å²) in [7, 11) is 0. The van der Waals surface area contributed by atoms with Gasteiger partial charge in [0.15, 0.2) is 5.11 Å². The Hall–Kier alpha value is -2.97. The number of thiocarbonyl (C=S) groups is 1. The van der Waals surface area contributed by atoms with Gasteiger partial charge in [-0.25, -0.2) is 0 Å². The maximum atomic E-state index is 11.9. The summed E-state index contributed by atoms with van der Waals surface area (Å²) in [5.74, 6) is -0.897. The third-order valence-electron chi connectivity index (χ3n) is 7.66. The number of carbonyl (C=O) groups excluding carboxylic acids is 2. The molecule has 2 bridgehead atoms. The van der Waals surface area contributed by atoms with Gasteiger partial charge in [-0.3, -0.25) is 20.4 Å². The Kier molecular flexibility index (Phi) is 6.51. The van der Waals surface area contributed by atoms with Crippen LogP contribution in [0.5, 0.6) is 0 Å². The second-order valence-electron chi connectivity index (χ2n) is 9.92. The van der Waals surface area contributed by atoms with Crippen LogP contribution in [0.15, 0.2) is 48.5 Å². The van der Waals surface area contributed by atoms with Gasteiger partial charge >= 0.3 is 5.97 Å². The molecule has 2 heterocycles. The van der Waals surface area contributed by atoms with Gasteiger partial charge in [0.1, 0.15) is 0 Å². The average molecular weight is 494 g/mol. The van der Waals surface area contributed by atoms with Crippen molar-refractivity contribution in [3.05, 3.63) is 54.1 Å². The van der Waals surface area contributed by atoms with Crippen LogP contribution in [0, 0.1) is 5.92 Å². The zero-order valence-corrected chi connectivity index (χ0v) is 20.7. The van der Waals surface area contributed by atoms with Gasteiger partial charge in [-0.2, -0.15) is 0 Å². The van der Waals surface area contributed by atoms with Gasteiger partial charge in [0.05, 0.1) is 6.61 Å². The number of nitrogens with one attached hydrogen (secondary N) is 3. The Morgan fingerprint density at radius 2 is 1.57 bits per heavy atom. The first-order valence-corrected chi connectivity index (χ1v) is 12.7. The Morgan fingerprint density at radius 3 is 2.09 bits per heavy atom. The topological polar surface area (TPSA) is 88.7 Å². The number of benzene rings is 2. The van der Waals surface area contributed by atoms with Gasteiger partial charge in [0.25, 0.3) is 0 Å². The molecule has 0 spiro atoms. The van der Waals surface area contributed by atoms with E-state index in [1.165, 1.54) is 12.5 Å². The van der Waals surface area contributed by atoms with E-state index in [2.05, 4.69) is 40.4 Å². The summed E-state index contributed by atoms with van der Waals surface area (Å²) in [6.07, 6.45) is 6.39. The fraction of sp³-hybridized carbons (Fsp3) is 0.444. The van der Waals surface area contributed by atoms with E-state index in [9.17, 15) is 9.59 Å². The summed E-state index contributed by atoms with van der Waals surface area (Å²) in [4.78, 5) is 23.4. The number of esters is 1. The van der Waals surface area contributed by atoms with E-state index in [1.807, 2.05) is 24.3 Å². The average Bonchev–Trinajstić information content (AvgIpc) is 2.83. The van der Waals surface area contributed by atoms with E-state index in [-0.39, 0.29) is 23.2 Å². The van der Waals surface area contributed by atoms with Crippen LogP contribution in [0.3, 0.4) is 0 Å². The standard InChI is InChI=1S/C27H31N3O4S/c1-18(31)34-27-15-13-26(14-16-27,17-33-27)22-9-5-19(6-10-22)20-7-11-23(12-8-20)28-25(35)30-29-24(32)21-3-2-4-21/h5-12,21H,2-4,13-17H2,1H3,(H,29,32)(H2,28,30,35). The number of ether oxygens (including phenoxy) is 2. The quantitative estimate of drug-likeness (QED) is 0.319. The zero-order valence-electron chi connectivity index (χ0n) is 19.9. The van der Waals surface area contributed by atoms with Crippen molar-refractivity contribution in [3.63, 3.8) is 0 Å². The minimum Gasteiger partial charge on any atom is -0.433 e. The van der Waals surface area contributed by atoms with Crippen molar-refractivity contribution >= 4 is 34.9 Å². The maximum absolute atomic E-state index is 11.9. The molecule has 6 rings (SSSR count). The van der Waals surface area contributed by atoms with E-state index in [0.29, 0.717) is 11.7 Å². The van der Waals surface area contributed by atoms with Crippen molar-refractivity contribution in [2.24, 2.45) is 5.92 Å². The lowest BCUT2D eigenvalue weighted by Gasteiger charge is -2.52. The first-order valence-electron chi connectivity index (χ1n) is 12.3. The molecule has 2 aliphatic heterocycles. The molecule has 3 N–H and O–H groups in total. The summed E-state index contributed by atoms with van der Waals surface area (Å²) in [5.41, 5.74) is 9.79. The van der Waals surface area contributed by atoms with Crippen molar-refractivity contribution in [1.29, 1.82) is 0 Å². The lowest BCUT2D eigenvalue weighted by molar-refractivity contribution is -0.284. The molecule has 0 aromatic heterocycles. The van der Waals surface area contributed by atoms with Crippen LogP contribution in [-0.4, -0.2) is 29.4 Å². The number of hydrogen-bond donors (Lipinski definition) is 3. The minimum absolute atomic E-state index is 0.00419. The first kappa shape index (κ1) is 23.8. The summed E-state index contributed by atoms with van der Waals surface area (Å²) >= 11 is 5.28. The Labute approximate surface area is 210 Å². The lowest BCUT2D eigenvalue weighted by Crippen LogP contribution is -2.55. The number of carbonyl (C=O) groups is 2. The van der Waals surface area contributed by atoms with E-state index in [0.717, 1.165) is 61.8 Å². The predicted octanol–water partition coefficient (Wildman–Crippen LogP) is 4.57. The largest absolute Gasteiger partial charge is 0.433 e. The summed E-state index contributed by atoms with van der Waals surface area (Å²) in [6.45, 7) is 2.02. The second kappa shape index (κ2) is 9.59. The van der Waals surface area contributed by atoms with Gasteiger partial charge in [-0.15, -0.1) is 0 Å². The molecular weight excluding hydrogens is 462 g/mol. The Morgan fingerprint density at radius 1 is 0.943 bits per heavy atom. The summed E-state index contributed by atoms with van der Waals surface area (Å²) < 4.78 is 11.6. The number of fused-ring (bicyclic) bond motifs is 3. The van der Waals surface area contributed by atoms with Gasteiger partial charge in [-0.05, 0) is 66.7 Å². The molecule has 2 aromatic carbocycles. The van der Waals surface area contributed by atoms with Gasteiger partial charge in [0, 0.05) is 36.8 Å². The Balaban J connectivity index is 1.17. The molecule has 4 fully saturated rings. The Bertz CT molecular complexity index is 1090. The molecule has 7 nitrogen and oxygen atoms in total. The van der Waals surface area contributed by atoms with Crippen LogP contribution in [0.1, 0.15) is 57.4 Å². The number of amides is 1. The van der Waals surface area contributed by atoms with Crippen LogP contribution in [0.2, 0.25) is 0 Å². The molecule has 1 amide bonds. The predicted molar refractivity (Wildman–Crippen MR) is 137 cm³/mol. The van der Waals surface area contributed by atoms with E-state index < -0.39 is 5.79 Å². The van der Waals surface area contributed by atoms with Crippen molar-refractivity contribution in [1.82, 2.24) is 10.9 Å². The normalized spacial score (nSPS) is 25.3. The third-order valence-corrected chi connectivity index (χ3v) is 7.86. The van der Waals surface area contributed by atoms with Crippen LogP contribution < -0.4 is 16.2 Å². The monoisotopic (exact) mass is 493 g/mol. The van der Waals surface area contributed by atoms with E-state index in [1.54, 1.807) is 0 Å². The second-order valence-corrected chi connectivity index (χ2v) is 10.3. The molecule has 2 aromatic rings. The molecule has 35 heavy (non-hydrogen) atoms. The molecule has 2 saturated heterocycles. The minimum atomic E-state index is -0.719. The third kappa shape index (κ3) is 5.04. The van der Waals surface area contributed by atoms with Gasteiger partial charge in [0.2, 0.25) is 11.7 Å². The highest BCUT2D eigenvalue weighted by Crippen LogP contribution is 2.51. The molecule has 0 radical (unpaired) electrons. The van der Waals surface area contributed by atoms with Crippen LogP contribution in [-0.2, 0) is 24.5 Å². The fourth-order valence-electron chi connectivity index (χ4n) is 5.25. The first-order chi connectivity index (χ1) is 16.9. The summed E-state index contributed by atoms with van der Waals surface area (Å²) in [6, 6.07) is 16.7. The van der Waals surface area contributed by atoms with Crippen LogP contribution in [0.4, 0.5) is 5.69 Å². The highest BCUT2D eigenvalue weighted by atomic mass is 32.1. The molecule has 8 heteroatoms. The molecule has 0 atom stereocenters. The number of anilines is 1. The molecule has 4 aliphatic rings.